The lowest BCUT2D eigenvalue weighted by Gasteiger charge is -2.26. The minimum atomic E-state index is -0.410. The van der Waals surface area contributed by atoms with Crippen LogP contribution < -0.4 is 5.32 Å². The number of nitrogens with zero attached hydrogens (tertiary/aromatic N) is 2. The Morgan fingerprint density at radius 2 is 1.68 bits per heavy atom. The summed E-state index contributed by atoms with van der Waals surface area (Å²) >= 11 is 6.20. The fourth-order valence-electron chi connectivity index (χ4n) is 4.04. The van der Waals surface area contributed by atoms with E-state index in [1.807, 2.05) is 35.2 Å². The molecule has 0 radical (unpaired) electrons. The van der Waals surface area contributed by atoms with Crippen LogP contribution >= 0.6 is 11.6 Å². The second-order valence-electron chi connectivity index (χ2n) is 8.55. The topological polar surface area (TPSA) is 52.6 Å². The smallest absolute Gasteiger partial charge is 0.253 e. The second kappa shape index (κ2) is 11.3. The van der Waals surface area contributed by atoms with E-state index >= 15 is 0 Å². The van der Waals surface area contributed by atoms with Crippen molar-refractivity contribution < 1.29 is 9.59 Å². The summed E-state index contributed by atoms with van der Waals surface area (Å²) in [6, 6.07) is 16.2. The van der Waals surface area contributed by atoms with E-state index in [-0.39, 0.29) is 18.2 Å². The quantitative estimate of drug-likeness (QED) is 0.693. The second-order valence-corrected chi connectivity index (χ2v) is 8.96. The van der Waals surface area contributed by atoms with E-state index in [9.17, 15) is 9.59 Å². The van der Waals surface area contributed by atoms with Gasteiger partial charge in [-0.2, -0.15) is 0 Å². The van der Waals surface area contributed by atoms with Gasteiger partial charge in [0.2, 0.25) is 5.91 Å². The summed E-state index contributed by atoms with van der Waals surface area (Å²) in [5.41, 5.74) is 1.32. The molecular formula is C25H32ClN3O2. The normalized spacial score (nSPS) is 16.1. The molecule has 0 aliphatic carbocycles. The Morgan fingerprint density at radius 3 is 2.39 bits per heavy atom. The number of hydrogen-bond acceptors (Lipinski definition) is 3. The van der Waals surface area contributed by atoms with E-state index < -0.39 is 6.04 Å². The average Bonchev–Trinajstić information content (AvgIpc) is 2.99. The van der Waals surface area contributed by atoms with Crippen molar-refractivity contribution in [3.63, 3.8) is 0 Å². The van der Waals surface area contributed by atoms with E-state index in [0.717, 1.165) is 44.7 Å². The molecule has 1 heterocycles. The zero-order valence-electron chi connectivity index (χ0n) is 18.4. The third kappa shape index (κ3) is 6.81. The first kappa shape index (κ1) is 23.3. The SMILES string of the molecule is CC(C)CN1CCCN(C(=O)C[C@@H](NC(=O)c2ccccc2Cl)c2ccccc2)CC1. The summed E-state index contributed by atoms with van der Waals surface area (Å²) in [7, 11) is 0. The average molecular weight is 442 g/mol. The molecule has 1 fully saturated rings. The van der Waals surface area contributed by atoms with Crippen LogP contribution in [0, 0.1) is 5.92 Å². The molecule has 1 aliphatic rings. The first-order chi connectivity index (χ1) is 14.9. The Bertz CT molecular complexity index is 872. The number of hydrogen-bond donors (Lipinski definition) is 1. The van der Waals surface area contributed by atoms with Crippen molar-refractivity contribution in [2.45, 2.75) is 32.7 Å². The van der Waals surface area contributed by atoms with Crippen molar-refractivity contribution in [1.29, 1.82) is 0 Å². The van der Waals surface area contributed by atoms with Crippen LogP contribution in [0.5, 0.6) is 0 Å². The molecule has 1 saturated heterocycles. The molecule has 1 atom stereocenters. The maximum absolute atomic E-state index is 13.2. The fourth-order valence-corrected chi connectivity index (χ4v) is 4.26. The third-order valence-corrected chi connectivity index (χ3v) is 5.90. The van der Waals surface area contributed by atoms with Gasteiger partial charge in [0.15, 0.2) is 0 Å². The standard InChI is InChI=1S/C25H32ClN3O2/c1-19(2)18-28-13-8-14-29(16-15-28)24(30)17-23(20-9-4-3-5-10-20)27-25(31)21-11-6-7-12-22(21)26/h3-7,9-12,19,23H,8,13-18H2,1-2H3,(H,27,31)/t23-/m1/s1. The molecule has 6 heteroatoms. The molecule has 31 heavy (non-hydrogen) atoms. The number of rotatable bonds is 7. The first-order valence-electron chi connectivity index (χ1n) is 11.0. The van der Waals surface area contributed by atoms with Gasteiger partial charge in [0.05, 0.1) is 23.0 Å². The summed E-state index contributed by atoms with van der Waals surface area (Å²) < 4.78 is 0. The number of carbonyl (C=O) groups is 2. The van der Waals surface area contributed by atoms with Gasteiger partial charge in [-0.05, 0) is 36.6 Å². The molecule has 1 aliphatic heterocycles. The van der Waals surface area contributed by atoms with Crippen molar-refractivity contribution in [2.24, 2.45) is 5.92 Å². The van der Waals surface area contributed by atoms with Gasteiger partial charge in [-0.1, -0.05) is 67.9 Å². The number of nitrogens with one attached hydrogen (secondary N) is 1. The predicted octanol–water partition coefficient (Wildman–Crippen LogP) is 4.39. The highest BCUT2D eigenvalue weighted by atomic mass is 35.5. The van der Waals surface area contributed by atoms with Gasteiger partial charge in [-0.25, -0.2) is 0 Å². The van der Waals surface area contributed by atoms with Crippen molar-refractivity contribution >= 4 is 23.4 Å². The Labute approximate surface area is 190 Å². The van der Waals surface area contributed by atoms with Crippen LogP contribution in [-0.2, 0) is 4.79 Å². The number of halogens is 1. The lowest BCUT2D eigenvalue weighted by Crippen LogP contribution is -2.39. The van der Waals surface area contributed by atoms with Gasteiger partial charge in [0.25, 0.3) is 5.91 Å². The highest BCUT2D eigenvalue weighted by molar-refractivity contribution is 6.33. The summed E-state index contributed by atoms with van der Waals surface area (Å²) in [5, 5.41) is 3.43. The molecule has 1 N–H and O–H groups in total. The predicted molar refractivity (Wildman–Crippen MR) is 125 cm³/mol. The monoisotopic (exact) mass is 441 g/mol. The van der Waals surface area contributed by atoms with Crippen LogP contribution in [0.2, 0.25) is 5.02 Å². The van der Waals surface area contributed by atoms with Gasteiger partial charge in [-0.15, -0.1) is 0 Å². The maximum Gasteiger partial charge on any atom is 0.253 e. The highest BCUT2D eigenvalue weighted by Gasteiger charge is 2.25. The molecule has 0 aromatic heterocycles. The van der Waals surface area contributed by atoms with Crippen LogP contribution in [-0.4, -0.2) is 54.3 Å². The lowest BCUT2D eigenvalue weighted by molar-refractivity contribution is -0.131. The largest absolute Gasteiger partial charge is 0.345 e. The van der Waals surface area contributed by atoms with E-state index in [1.165, 1.54) is 0 Å². The molecule has 5 nitrogen and oxygen atoms in total. The fraction of sp³-hybridized carbons (Fsp3) is 0.440. The van der Waals surface area contributed by atoms with E-state index in [0.29, 0.717) is 16.5 Å². The highest BCUT2D eigenvalue weighted by Crippen LogP contribution is 2.21. The molecule has 2 amide bonds. The lowest BCUT2D eigenvalue weighted by atomic mass is 10.0. The Morgan fingerprint density at radius 1 is 0.968 bits per heavy atom. The Kier molecular flexibility index (Phi) is 8.50. The van der Waals surface area contributed by atoms with Crippen LogP contribution in [0.1, 0.15) is 48.7 Å². The van der Waals surface area contributed by atoms with Gasteiger partial charge >= 0.3 is 0 Å². The van der Waals surface area contributed by atoms with Crippen molar-refractivity contribution in [2.75, 3.05) is 32.7 Å². The van der Waals surface area contributed by atoms with E-state index in [2.05, 4.69) is 24.1 Å². The van der Waals surface area contributed by atoms with Crippen molar-refractivity contribution in [1.82, 2.24) is 15.1 Å². The maximum atomic E-state index is 13.2. The van der Waals surface area contributed by atoms with Crippen LogP contribution in [0.15, 0.2) is 54.6 Å². The minimum Gasteiger partial charge on any atom is -0.345 e. The van der Waals surface area contributed by atoms with Crippen LogP contribution in [0.4, 0.5) is 0 Å². The van der Waals surface area contributed by atoms with Crippen LogP contribution in [0.3, 0.4) is 0 Å². The first-order valence-corrected chi connectivity index (χ1v) is 11.4. The molecule has 166 valence electrons. The zero-order valence-corrected chi connectivity index (χ0v) is 19.1. The molecule has 3 rings (SSSR count). The summed E-state index contributed by atoms with van der Waals surface area (Å²) in [5.74, 6) is 0.413. The third-order valence-electron chi connectivity index (χ3n) is 5.57. The molecular weight excluding hydrogens is 410 g/mol. The number of benzene rings is 2. The van der Waals surface area contributed by atoms with Gasteiger partial charge in [-0.3, -0.25) is 9.59 Å². The summed E-state index contributed by atoms with van der Waals surface area (Å²) in [6.45, 7) is 8.90. The Hall–Kier alpha value is -2.37. The van der Waals surface area contributed by atoms with Crippen molar-refractivity contribution in [3.8, 4) is 0 Å². The number of carbonyl (C=O) groups excluding carboxylic acids is 2. The Balaban J connectivity index is 1.69. The molecule has 2 aromatic rings. The number of amides is 2. The molecule has 0 bridgehead atoms. The van der Waals surface area contributed by atoms with Gasteiger partial charge in [0, 0.05) is 26.2 Å². The van der Waals surface area contributed by atoms with Crippen LogP contribution in [0.25, 0.3) is 0 Å². The van der Waals surface area contributed by atoms with E-state index in [1.54, 1.807) is 24.3 Å². The molecule has 0 unspecified atom stereocenters. The minimum absolute atomic E-state index is 0.0692. The van der Waals surface area contributed by atoms with Gasteiger partial charge < -0.3 is 15.1 Å². The molecule has 0 saturated carbocycles. The van der Waals surface area contributed by atoms with Gasteiger partial charge in [0.1, 0.15) is 0 Å². The summed E-state index contributed by atoms with van der Waals surface area (Å²) in [4.78, 5) is 30.4. The molecule has 2 aromatic carbocycles. The van der Waals surface area contributed by atoms with Crippen molar-refractivity contribution in [3.05, 3.63) is 70.7 Å². The summed E-state index contributed by atoms with van der Waals surface area (Å²) in [6.07, 6.45) is 1.20. The molecule has 0 spiro atoms. The zero-order chi connectivity index (χ0) is 22.2. The van der Waals surface area contributed by atoms with E-state index in [4.69, 9.17) is 11.6 Å².